The monoisotopic (exact) mass is 2090 g/mol. The second-order valence-electron chi connectivity index (χ2n) is 35.4. The van der Waals surface area contributed by atoms with E-state index in [0.29, 0.717) is 122 Å². The van der Waals surface area contributed by atoms with Crippen LogP contribution in [0.2, 0.25) is 0 Å². The van der Waals surface area contributed by atoms with E-state index in [0.717, 1.165) is 87.0 Å². The molecule has 4 aliphatic heterocycles. The number of rotatable bonds is 69. The third kappa shape index (κ3) is 50.6. The summed E-state index contributed by atoms with van der Waals surface area (Å²) in [4.78, 5) is 240. The lowest BCUT2D eigenvalue weighted by Gasteiger charge is -2.44. The molecule has 5 rings (SSSR count). The molecule has 3 fully saturated rings. The summed E-state index contributed by atoms with van der Waals surface area (Å²) in [5, 5.41) is 22.6. The zero-order chi connectivity index (χ0) is 107. The molecule has 16 atom stereocenters. The van der Waals surface area contributed by atoms with Crippen molar-refractivity contribution in [3.05, 3.63) is 34.9 Å². The van der Waals surface area contributed by atoms with Crippen LogP contribution in [0, 0.1) is 0 Å². The zero-order valence-electron chi connectivity index (χ0n) is 85.4. The van der Waals surface area contributed by atoms with Gasteiger partial charge in [-0.05, 0) is 87.5 Å². The van der Waals surface area contributed by atoms with Crippen molar-refractivity contribution < 1.29 is 190 Å². The van der Waals surface area contributed by atoms with E-state index in [1.54, 1.807) is 23.1 Å². The van der Waals surface area contributed by atoms with Gasteiger partial charge in [0, 0.05) is 187 Å². The van der Waals surface area contributed by atoms with Crippen LogP contribution in [0.4, 0.5) is 0 Å². The number of phosphoric ester groups is 1. The molecule has 50 heteroatoms. The maximum absolute atomic E-state index is 15.0. The van der Waals surface area contributed by atoms with Crippen molar-refractivity contribution in [1.82, 2.24) is 47.4 Å². The lowest BCUT2D eigenvalue weighted by atomic mass is 9.95. The highest BCUT2D eigenvalue weighted by molar-refractivity contribution is 7.47. The Bertz CT molecular complexity index is 4070. The first-order valence-electron chi connectivity index (χ1n) is 49.1. The molecule has 1 aromatic carbocycles. The molecule has 0 spiro atoms. The molecule has 0 saturated carbocycles. The van der Waals surface area contributed by atoms with Gasteiger partial charge >= 0.3 is 61.5 Å². The molecular formula is C95H150N9O40P. The van der Waals surface area contributed by atoms with Crippen molar-refractivity contribution >= 4 is 115 Å². The largest absolute Gasteiger partial charge is 0.471 e. The fourth-order valence-corrected chi connectivity index (χ4v) is 16.5. The Labute approximate surface area is 844 Å². The van der Waals surface area contributed by atoms with Crippen molar-refractivity contribution in [1.29, 1.82) is 0 Å². The molecule has 4 aliphatic rings. The van der Waals surface area contributed by atoms with E-state index < -0.39 is 202 Å². The number of ether oxygens (including phenoxy) is 18. The summed E-state index contributed by atoms with van der Waals surface area (Å²) < 4.78 is 125. The van der Waals surface area contributed by atoms with E-state index in [1.807, 2.05) is 0 Å². The van der Waals surface area contributed by atoms with E-state index >= 15 is 0 Å². The molecule has 9 N–H and O–H groups in total. The Balaban J connectivity index is 1.28. The SMILES string of the molecule is COP(=O)(O)OCCCCCCNC(=O)CCCC(=O)N1CCc2cc(C(=O)NC(COCCC(=O)NCCCCCCOC3OC(COC(C)=O)C(OC(C)=O)C(OC(C)=O)C3NC(C)=O)(COCCC(=O)NCCCCCCOC3OC(COC(C)=O)C(OC(C)=O)C(OC(C)=O)C3NC(C)=O)COCCC(=O)NCCCCCCOC3OC(COC(C)=O)C(OC(C)=O)C(OC(C)=O)C3NC(C)=O)ccc2C1. The molecule has 3 saturated heterocycles. The summed E-state index contributed by atoms with van der Waals surface area (Å²) in [7, 11) is -2.97. The van der Waals surface area contributed by atoms with Gasteiger partial charge in [-0.25, -0.2) is 4.57 Å². The van der Waals surface area contributed by atoms with Crippen molar-refractivity contribution in [2.45, 2.75) is 335 Å². The van der Waals surface area contributed by atoms with Crippen LogP contribution in [0.3, 0.4) is 0 Å². The van der Waals surface area contributed by atoms with Crippen LogP contribution in [0.15, 0.2) is 18.2 Å². The number of phosphoric acid groups is 1. The molecule has 1 aromatic rings. The van der Waals surface area contributed by atoms with Crippen LogP contribution in [0.1, 0.15) is 246 Å². The Hall–Kier alpha value is -10.6. The fourth-order valence-electron chi connectivity index (χ4n) is 16.0. The number of unbranched alkanes of at least 4 members (excludes halogenated alkanes) is 12. The highest BCUT2D eigenvalue weighted by atomic mass is 31.2. The lowest BCUT2D eigenvalue weighted by Crippen LogP contribution is -2.66. The molecule has 49 nitrogen and oxygen atoms in total. The molecule has 4 heterocycles. The average molecular weight is 2090 g/mol. The molecule has 145 heavy (non-hydrogen) atoms. The number of hydrogen-bond acceptors (Lipinski definition) is 39. The van der Waals surface area contributed by atoms with Crippen LogP contribution < -0.4 is 42.5 Å². The number of benzene rings is 1. The number of nitrogens with one attached hydrogen (secondary N) is 8. The predicted molar refractivity (Wildman–Crippen MR) is 504 cm³/mol. The number of carbonyl (C=O) groups excluding carboxylic acids is 18. The summed E-state index contributed by atoms with van der Waals surface area (Å²) in [5.74, 6) is -10.4. The van der Waals surface area contributed by atoms with E-state index in [9.17, 15) is 95.8 Å². The fraction of sp³-hybridized carbons (Fsp3) is 0.747. The third-order valence-corrected chi connectivity index (χ3v) is 23.7. The summed E-state index contributed by atoms with van der Waals surface area (Å²) in [6, 6.07) is 1.57. The van der Waals surface area contributed by atoms with Crippen LogP contribution in [-0.4, -0.2) is 340 Å². The molecule has 9 amide bonds. The second kappa shape index (κ2) is 68.1. The number of nitrogens with zero attached hydrogens (tertiary/aromatic N) is 1. The van der Waals surface area contributed by atoms with Gasteiger partial charge in [-0.3, -0.25) is 95.3 Å². The Morgan fingerprint density at radius 1 is 0.379 bits per heavy atom. The Kier molecular flexibility index (Phi) is 58.6. The molecule has 0 radical (unpaired) electrons. The summed E-state index contributed by atoms with van der Waals surface area (Å²) >= 11 is 0. The third-order valence-electron chi connectivity index (χ3n) is 22.7. The van der Waals surface area contributed by atoms with Gasteiger partial charge in [-0.1, -0.05) is 57.4 Å². The molecule has 0 aromatic heterocycles. The first-order valence-corrected chi connectivity index (χ1v) is 50.6. The molecule has 0 aliphatic carbocycles. The zero-order valence-corrected chi connectivity index (χ0v) is 86.2. The number of esters is 9. The normalized spacial score (nSPS) is 21.9. The number of fused-ring (bicyclic) bond motifs is 1. The standard InChI is InChI=1S/C95H150N9O40P/c1-59(105)100-82-88(139-68(10)114)85(136-65(7)111)74(53-132-62(4)108)142-92(82)129-44-26-18-14-22-40-97-78(118)36-48-126-56-95(103-91(122)72-33-34-73-52-104(43-35-71(73)51-72)81(121)32-30-31-77(117)96-39-25-17-21-29-47-135-145(123,124)125-13,57-127-49-37-79(119)98-41-23-15-19-27-45-130-93-83(101-60(2)106)89(140-69(11)115)86(137-66(8)112)75(143-93)54-133-63(5)109)58-128-50-38-80(120)99-42-24-16-20-28-46-131-94-84(102-61(3)107)90(141-70(12)116)87(138-67(9)113)76(144-94)55-134-64(6)110/h33-34,51,74-76,82-90,92-94H,14-32,35-50,52-58H2,1-13H3,(H,96,117)(H,97,118)(H,98,119)(H,99,120)(H,100,105)(H,101,106)(H,102,107)(H,103,122)(H,123,124). The first-order chi connectivity index (χ1) is 69.0. The van der Waals surface area contributed by atoms with Gasteiger partial charge in [0.05, 0.1) is 46.2 Å². The Morgan fingerprint density at radius 2 is 0.697 bits per heavy atom. The highest BCUT2D eigenvalue weighted by Crippen LogP contribution is 2.42. The van der Waals surface area contributed by atoms with Crippen molar-refractivity contribution in [3.63, 3.8) is 0 Å². The second-order valence-corrected chi connectivity index (χ2v) is 36.9. The van der Waals surface area contributed by atoms with Crippen molar-refractivity contribution in [2.24, 2.45) is 0 Å². The topological polar surface area (TPSA) is 629 Å². The number of carbonyl (C=O) groups is 18. The van der Waals surface area contributed by atoms with Gasteiger partial charge in [0.15, 0.2) is 55.5 Å². The van der Waals surface area contributed by atoms with E-state index in [4.69, 9.17) is 89.8 Å². The van der Waals surface area contributed by atoms with Crippen LogP contribution in [0.5, 0.6) is 0 Å². The minimum atomic E-state index is -4.05. The molecule has 820 valence electrons. The maximum atomic E-state index is 15.0. The lowest BCUT2D eigenvalue weighted by molar-refractivity contribution is -0.277. The van der Waals surface area contributed by atoms with Crippen LogP contribution in [-0.2, 0) is 193 Å². The Morgan fingerprint density at radius 3 is 1.01 bits per heavy atom. The van der Waals surface area contributed by atoms with E-state index in [2.05, 4.69) is 47.1 Å². The summed E-state index contributed by atoms with van der Waals surface area (Å²) in [5.41, 5.74) is 0.156. The molecule has 16 unspecified atom stereocenters. The predicted octanol–water partition coefficient (Wildman–Crippen LogP) is 2.92. The first kappa shape index (κ1) is 125. The van der Waals surface area contributed by atoms with Crippen molar-refractivity contribution in [3.8, 4) is 0 Å². The van der Waals surface area contributed by atoms with E-state index in [1.165, 1.54) is 20.8 Å². The van der Waals surface area contributed by atoms with Crippen LogP contribution >= 0.6 is 7.82 Å². The van der Waals surface area contributed by atoms with Gasteiger partial charge in [0.1, 0.15) is 61.8 Å². The summed E-state index contributed by atoms with van der Waals surface area (Å²) in [6.45, 7) is 13.0. The van der Waals surface area contributed by atoms with Gasteiger partial charge in [-0.2, -0.15) is 0 Å². The minimum Gasteiger partial charge on any atom is -0.463 e. The van der Waals surface area contributed by atoms with Crippen LogP contribution in [0.25, 0.3) is 0 Å². The number of amides is 9. The number of hydrogen-bond donors (Lipinski definition) is 9. The van der Waals surface area contributed by atoms with Gasteiger partial charge in [0.25, 0.3) is 5.91 Å². The van der Waals surface area contributed by atoms with Gasteiger partial charge in [-0.15, -0.1) is 0 Å². The quantitative estimate of drug-likeness (QED) is 0.0196. The highest BCUT2D eigenvalue weighted by Gasteiger charge is 2.55. The molecule has 0 bridgehead atoms. The van der Waals surface area contributed by atoms with Gasteiger partial charge in [0.2, 0.25) is 47.3 Å². The minimum absolute atomic E-state index is 0.0493. The van der Waals surface area contributed by atoms with Crippen molar-refractivity contribution in [2.75, 3.05) is 126 Å². The smallest absolute Gasteiger partial charge is 0.463 e. The van der Waals surface area contributed by atoms with E-state index in [-0.39, 0.29) is 159 Å². The maximum Gasteiger partial charge on any atom is 0.471 e. The average Bonchev–Trinajstić information content (AvgIpc) is 0.787. The summed E-state index contributed by atoms with van der Waals surface area (Å²) in [6.07, 6.45) is -5.55. The van der Waals surface area contributed by atoms with Gasteiger partial charge < -0.3 is 138 Å². The molecular weight excluding hydrogens is 1940 g/mol.